The predicted molar refractivity (Wildman–Crippen MR) is 160 cm³/mol. The van der Waals surface area contributed by atoms with Gasteiger partial charge in [-0.25, -0.2) is 5.43 Å². The van der Waals surface area contributed by atoms with Gasteiger partial charge in [0.1, 0.15) is 0 Å². The van der Waals surface area contributed by atoms with Crippen LogP contribution in [0.1, 0.15) is 31.2 Å². The predicted octanol–water partition coefficient (Wildman–Crippen LogP) is 6.66. The van der Waals surface area contributed by atoms with Crippen LogP contribution in [-0.2, 0) is 0 Å². The maximum Gasteiger partial charge on any atom is 0.269 e. The van der Waals surface area contributed by atoms with Gasteiger partial charge in [0.15, 0.2) is 0 Å². The Labute approximate surface area is 230 Å². The topological polar surface area (TPSA) is 121 Å². The zero-order valence-electron chi connectivity index (χ0n) is 21.8. The Hall–Kier alpha value is -5.12. The van der Waals surface area contributed by atoms with E-state index in [0.717, 1.165) is 53.0 Å². The third-order valence-corrected chi connectivity index (χ3v) is 7.02. The molecule has 0 amide bonds. The van der Waals surface area contributed by atoms with Crippen molar-refractivity contribution in [3.8, 4) is 0 Å². The average molecular weight is 533 g/mol. The molecule has 2 heterocycles. The maximum absolute atomic E-state index is 11.0. The minimum Gasteiger partial charge on any atom is -0.341 e. The molecular weight excluding hydrogens is 504 g/mol. The first-order valence-corrected chi connectivity index (χ1v) is 13.4. The average Bonchev–Trinajstić information content (AvgIpc) is 3.27. The van der Waals surface area contributed by atoms with Crippen molar-refractivity contribution in [1.82, 2.24) is 15.0 Å². The molecule has 1 aromatic heterocycles. The molecule has 1 fully saturated rings. The van der Waals surface area contributed by atoms with Gasteiger partial charge in [0, 0.05) is 36.5 Å². The van der Waals surface area contributed by atoms with E-state index in [2.05, 4.69) is 66.0 Å². The van der Waals surface area contributed by atoms with E-state index in [4.69, 9.17) is 0 Å². The van der Waals surface area contributed by atoms with Crippen LogP contribution in [0.25, 0.3) is 21.5 Å². The molecule has 4 aromatic carbocycles. The molecule has 200 valence electrons. The number of nitro groups is 1. The highest BCUT2D eigenvalue weighted by Crippen LogP contribution is 2.27. The summed E-state index contributed by atoms with van der Waals surface area (Å²) in [5.74, 6) is 1.20. The molecule has 5 aromatic rings. The van der Waals surface area contributed by atoms with E-state index in [0.29, 0.717) is 23.5 Å². The van der Waals surface area contributed by atoms with Crippen LogP contribution in [0.3, 0.4) is 0 Å². The first-order valence-electron chi connectivity index (χ1n) is 13.4. The molecule has 10 heteroatoms. The lowest BCUT2D eigenvalue weighted by atomic mass is 9.97. The highest BCUT2D eigenvalue weighted by Gasteiger charge is 2.16. The van der Waals surface area contributed by atoms with Gasteiger partial charge < -0.3 is 10.2 Å². The maximum atomic E-state index is 11.0. The van der Waals surface area contributed by atoms with Gasteiger partial charge in [0.25, 0.3) is 5.69 Å². The molecule has 1 aliphatic rings. The monoisotopic (exact) mass is 532 g/mol. The lowest BCUT2D eigenvalue weighted by molar-refractivity contribution is -0.384. The first kappa shape index (κ1) is 25.2. The number of fused-ring (bicyclic) bond motifs is 2. The van der Waals surface area contributed by atoms with Crippen LogP contribution in [0, 0.1) is 10.1 Å². The van der Waals surface area contributed by atoms with Gasteiger partial charge >= 0.3 is 0 Å². The van der Waals surface area contributed by atoms with Gasteiger partial charge in [-0.2, -0.15) is 20.1 Å². The molecule has 0 spiro atoms. The number of rotatable bonds is 7. The van der Waals surface area contributed by atoms with Crippen LogP contribution in [0.2, 0.25) is 0 Å². The molecule has 2 N–H and O–H groups in total. The minimum absolute atomic E-state index is 0.0177. The molecule has 1 aliphatic heterocycles. The van der Waals surface area contributed by atoms with Crippen LogP contribution < -0.4 is 15.6 Å². The number of nitro benzene ring substituents is 1. The minimum atomic E-state index is -0.427. The van der Waals surface area contributed by atoms with Crippen molar-refractivity contribution < 1.29 is 4.92 Å². The number of non-ortho nitro benzene ring substituents is 1. The fraction of sp³-hybridized carbons (Fsp3) is 0.200. The summed E-state index contributed by atoms with van der Waals surface area (Å²) in [4.78, 5) is 26.7. The van der Waals surface area contributed by atoms with Gasteiger partial charge in [-0.1, -0.05) is 61.4 Å². The van der Waals surface area contributed by atoms with E-state index >= 15 is 0 Å². The van der Waals surface area contributed by atoms with Crippen molar-refractivity contribution in [3.63, 3.8) is 0 Å². The van der Waals surface area contributed by atoms with E-state index in [1.54, 1.807) is 12.1 Å². The summed E-state index contributed by atoms with van der Waals surface area (Å²) in [5.41, 5.74) is 4.68. The summed E-state index contributed by atoms with van der Waals surface area (Å²) in [5, 5.41) is 23.2. The number of nitrogens with zero attached hydrogens (tertiary/aromatic N) is 6. The second kappa shape index (κ2) is 11.3. The zero-order chi connectivity index (χ0) is 27.3. The second-order valence-electron chi connectivity index (χ2n) is 9.72. The van der Waals surface area contributed by atoms with Gasteiger partial charge in [0.2, 0.25) is 17.8 Å². The largest absolute Gasteiger partial charge is 0.341 e. The number of anilines is 4. The summed E-state index contributed by atoms with van der Waals surface area (Å²) in [6.07, 6.45) is 6.33. The molecule has 0 radical (unpaired) electrons. The third kappa shape index (κ3) is 5.51. The quantitative estimate of drug-likeness (QED) is 0.103. The van der Waals surface area contributed by atoms with Crippen molar-refractivity contribution in [2.75, 3.05) is 28.7 Å². The lowest BCUT2D eigenvalue weighted by Crippen LogP contribution is -2.26. The van der Waals surface area contributed by atoms with E-state index in [-0.39, 0.29) is 5.69 Å². The standard InChI is InChI=1S/C30H28N8O2/c39-38(40)24-15-13-23(14-16-24)32-28-33-29(35-30(34-28)37-17-7-1-2-8-18-37)36-31-20-27-25-11-5-3-9-21(25)19-22-10-4-6-12-26(22)27/h3-6,9-16,19-20H,1-2,7-8,17-18H2,(H2,32,33,34,35,36)/b31-20-. The van der Waals surface area contributed by atoms with E-state index in [9.17, 15) is 10.1 Å². The van der Waals surface area contributed by atoms with E-state index in [1.165, 1.54) is 25.0 Å². The highest BCUT2D eigenvalue weighted by atomic mass is 16.6. The number of hydrazone groups is 1. The van der Waals surface area contributed by atoms with Crippen molar-refractivity contribution in [3.05, 3.63) is 94.5 Å². The molecule has 0 bridgehead atoms. The van der Waals surface area contributed by atoms with E-state index in [1.807, 2.05) is 30.5 Å². The smallest absolute Gasteiger partial charge is 0.269 e. The Morgan fingerprint density at radius 3 is 2.08 bits per heavy atom. The Kier molecular flexibility index (Phi) is 7.12. The van der Waals surface area contributed by atoms with Crippen LogP contribution in [0.5, 0.6) is 0 Å². The Bertz CT molecular complexity index is 1640. The van der Waals surface area contributed by atoms with Crippen LogP contribution >= 0.6 is 0 Å². The fourth-order valence-electron chi connectivity index (χ4n) is 5.02. The van der Waals surface area contributed by atoms with Crippen LogP contribution in [0.4, 0.5) is 29.2 Å². The molecule has 40 heavy (non-hydrogen) atoms. The van der Waals surface area contributed by atoms with Crippen LogP contribution in [-0.4, -0.2) is 39.2 Å². The fourth-order valence-corrected chi connectivity index (χ4v) is 5.02. The molecule has 0 unspecified atom stereocenters. The SMILES string of the molecule is O=[N+]([O-])c1ccc(Nc2nc(N/N=C\c3c4ccccc4cc4ccccc34)nc(N3CCCCCC3)n2)cc1. The molecular formula is C30H28N8O2. The first-order chi connectivity index (χ1) is 19.6. The molecule has 0 atom stereocenters. The Balaban J connectivity index is 1.33. The highest BCUT2D eigenvalue weighted by molar-refractivity contribution is 6.13. The molecule has 6 rings (SSSR count). The number of aromatic nitrogens is 3. The van der Waals surface area contributed by atoms with Gasteiger partial charge in [-0.05, 0) is 52.6 Å². The summed E-state index contributed by atoms with van der Waals surface area (Å²) in [6.45, 7) is 1.73. The van der Waals surface area contributed by atoms with Crippen LogP contribution in [0.15, 0.2) is 84.0 Å². The summed E-state index contributed by atoms with van der Waals surface area (Å²) < 4.78 is 0. The van der Waals surface area contributed by atoms with E-state index < -0.39 is 4.92 Å². The van der Waals surface area contributed by atoms with Crippen molar-refractivity contribution in [2.24, 2.45) is 5.10 Å². The number of hydrogen-bond donors (Lipinski definition) is 2. The molecule has 1 saturated heterocycles. The Morgan fingerprint density at radius 2 is 1.43 bits per heavy atom. The van der Waals surface area contributed by atoms with Crippen molar-refractivity contribution in [1.29, 1.82) is 0 Å². The Morgan fingerprint density at radius 1 is 0.800 bits per heavy atom. The van der Waals surface area contributed by atoms with Crippen molar-refractivity contribution >= 4 is 57.0 Å². The second-order valence-corrected chi connectivity index (χ2v) is 9.72. The normalized spacial score (nSPS) is 13.9. The number of hydrogen-bond acceptors (Lipinski definition) is 9. The number of benzene rings is 4. The number of nitrogens with one attached hydrogen (secondary N) is 2. The molecule has 10 nitrogen and oxygen atoms in total. The third-order valence-electron chi connectivity index (χ3n) is 7.02. The van der Waals surface area contributed by atoms with Crippen molar-refractivity contribution in [2.45, 2.75) is 25.7 Å². The summed E-state index contributed by atoms with van der Waals surface area (Å²) >= 11 is 0. The lowest BCUT2D eigenvalue weighted by Gasteiger charge is -2.21. The van der Waals surface area contributed by atoms with Gasteiger partial charge in [-0.15, -0.1) is 0 Å². The summed E-state index contributed by atoms with van der Waals surface area (Å²) in [7, 11) is 0. The molecule has 0 saturated carbocycles. The van der Waals surface area contributed by atoms with Gasteiger partial charge in [0.05, 0.1) is 11.1 Å². The van der Waals surface area contributed by atoms with Gasteiger partial charge in [-0.3, -0.25) is 10.1 Å². The zero-order valence-corrected chi connectivity index (χ0v) is 21.8. The molecule has 0 aliphatic carbocycles. The summed E-state index contributed by atoms with van der Waals surface area (Å²) in [6, 6.07) is 24.8.